The molecule has 2 rings (SSSR count). The van der Waals surface area contributed by atoms with Gasteiger partial charge in [0.2, 0.25) is 0 Å². The number of nitrogens with two attached hydrogens (primary N) is 1. The fourth-order valence-corrected chi connectivity index (χ4v) is 2.48. The number of hydrogen-bond acceptors (Lipinski definition) is 3. The van der Waals surface area contributed by atoms with Gasteiger partial charge in [0.15, 0.2) is 0 Å². The second kappa shape index (κ2) is 7.09. The highest BCUT2D eigenvalue weighted by Gasteiger charge is 2.16. The summed E-state index contributed by atoms with van der Waals surface area (Å²) in [6, 6.07) is 9.91. The molecule has 112 valence electrons. The monoisotopic (exact) mass is 328 g/mol. The van der Waals surface area contributed by atoms with E-state index in [0.29, 0.717) is 22.8 Å². The Morgan fingerprint density at radius 3 is 2.67 bits per heavy atom. The predicted molar refractivity (Wildman–Crippen MR) is 83.2 cm³/mol. The summed E-state index contributed by atoms with van der Waals surface area (Å²) in [7, 11) is 1.53. The van der Waals surface area contributed by atoms with E-state index < -0.39 is 5.82 Å². The van der Waals surface area contributed by atoms with Gasteiger partial charge in [-0.3, -0.25) is 11.3 Å². The van der Waals surface area contributed by atoms with Crippen molar-refractivity contribution in [2.45, 2.75) is 12.5 Å². The van der Waals surface area contributed by atoms with Crippen LogP contribution in [0.3, 0.4) is 0 Å². The Bertz CT molecular complexity index is 637. The van der Waals surface area contributed by atoms with Crippen LogP contribution < -0.4 is 16.0 Å². The van der Waals surface area contributed by atoms with Crippen LogP contribution in [-0.4, -0.2) is 7.11 Å². The first-order valence-corrected chi connectivity index (χ1v) is 7.05. The Kier molecular flexibility index (Phi) is 5.42. The SMILES string of the molecule is COc1cc(C(Cc2cccc(Cl)c2F)NN)ccc1Cl. The van der Waals surface area contributed by atoms with E-state index in [1.165, 1.54) is 13.2 Å². The largest absolute Gasteiger partial charge is 0.495 e. The molecule has 0 saturated heterocycles. The van der Waals surface area contributed by atoms with Gasteiger partial charge in [-0.25, -0.2) is 4.39 Å². The second-order valence-corrected chi connectivity index (χ2v) is 5.34. The van der Waals surface area contributed by atoms with Crippen LogP contribution in [0, 0.1) is 5.82 Å². The Hall–Kier alpha value is -1.33. The number of methoxy groups -OCH3 is 1. The van der Waals surface area contributed by atoms with E-state index in [4.69, 9.17) is 33.8 Å². The molecule has 3 nitrogen and oxygen atoms in total. The second-order valence-electron chi connectivity index (χ2n) is 4.53. The highest BCUT2D eigenvalue weighted by atomic mass is 35.5. The van der Waals surface area contributed by atoms with E-state index in [-0.39, 0.29) is 11.1 Å². The van der Waals surface area contributed by atoms with Crippen LogP contribution in [0.4, 0.5) is 4.39 Å². The minimum atomic E-state index is -0.430. The zero-order valence-electron chi connectivity index (χ0n) is 11.4. The molecule has 0 aliphatic rings. The summed E-state index contributed by atoms with van der Waals surface area (Å²) in [5, 5.41) is 0.600. The highest BCUT2D eigenvalue weighted by Crippen LogP contribution is 2.30. The lowest BCUT2D eigenvalue weighted by Gasteiger charge is -2.18. The molecule has 0 saturated carbocycles. The zero-order chi connectivity index (χ0) is 15.4. The van der Waals surface area contributed by atoms with Gasteiger partial charge in [-0.2, -0.15) is 0 Å². The third-order valence-corrected chi connectivity index (χ3v) is 3.84. The van der Waals surface area contributed by atoms with E-state index in [2.05, 4.69) is 5.43 Å². The van der Waals surface area contributed by atoms with Gasteiger partial charge < -0.3 is 4.74 Å². The van der Waals surface area contributed by atoms with E-state index in [1.54, 1.807) is 24.3 Å². The average molecular weight is 329 g/mol. The molecule has 2 aromatic carbocycles. The van der Waals surface area contributed by atoms with Crippen LogP contribution in [0.5, 0.6) is 5.75 Å². The maximum Gasteiger partial charge on any atom is 0.145 e. The van der Waals surface area contributed by atoms with Crippen molar-refractivity contribution in [2.75, 3.05) is 7.11 Å². The molecule has 3 N–H and O–H groups in total. The van der Waals surface area contributed by atoms with Gasteiger partial charge in [0.25, 0.3) is 0 Å². The van der Waals surface area contributed by atoms with Gasteiger partial charge >= 0.3 is 0 Å². The molecule has 2 aromatic rings. The first-order valence-electron chi connectivity index (χ1n) is 6.29. The fraction of sp³-hybridized carbons (Fsp3) is 0.200. The van der Waals surface area contributed by atoms with Gasteiger partial charge in [-0.05, 0) is 35.7 Å². The lowest BCUT2D eigenvalue weighted by atomic mass is 9.99. The third kappa shape index (κ3) is 3.66. The van der Waals surface area contributed by atoms with Crippen molar-refractivity contribution in [3.05, 3.63) is 63.4 Å². The Morgan fingerprint density at radius 1 is 1.24 bits per heavy atom. The number of halogens is 3. The average Bonchev–Trinajstić information content (AvgIpc) is 2.49. The van der Waals surface area contributed by atoms with Crippen LogP contribution in [0.2, 0.25) is 10.0 Å². The van der Waals surface area contributed by atoms with Crippen molar-refractivity contribution >= 4 is 23.2 Å². The molecule has 0 aliphatic carbocycles. The standard InChI is InChI=1S/C15H15Cl2FN2O/c1-21-14-8-9(5-6-11(14)16)13(20-19)7-10-3-2-4-12(17)15(10)18/h2-6,8,13,20H,7,19H2,1H3. The molecule has 21 heavy (non-hydrogen) atoms. The summed E-state index contributed by atoms with van der Waals surface area (Å²) in [5.41, 5.74) is 4.01. The Morgan fingerprint density at radius 2 is 2.00 bits per heavy atom. The van der Waals surface area contributed by atoms with Crippen molar-refractivity contribution < 1.29 is 9.13 Å². The fourth-order valence-electron chi connectivity index (χ4n) is 2.09. The van der Waals surface area contributed by atoms with E-state index in [0.717, 1.165) is 5.56 Å². The molecule has 0 aliphatic heterocycles. The van der Waals surface area contributed by atoms with Gasteiger partial charge in [0.1, 0.15) is 11.6 Å². The molecular weight excluding hydrogens is 314 g/mol. The Balaban J connectivity index is 2.30. The normalized spacial score (nSPS) is 12.2. The first kappa shape index (κ1) is 16.0. The molecule has 6 heteroatoms. The number of ether oxygens (including phenoxy) is 1. The number of hydrazine groups is 1. The molecule has 0 radical (unpaired) electrons. The number of benzene rings is 2. The van der Waals surface area contributed by atoms with E-state index in [9.17, 15) is 4.39 Å². The summed E-state index contributed by atoms with van der Waals surface area (Å²) in [5.74, 6) is 5.70. The summed E-state index contributed by atoms with van der Waals surface area (Å²) in [4.78, 5) is 0. The van der Waals surface area contributed by atoms with Crippen LogP contribution in [0.25, 0.3) is 0 Å². The molecule has 0 bridgehead atoms. The highest BCUT2D eigenvalue weighted by molar-refractivity contribution is 6.32. The minimum absolute atomic E-state index is 0.0944. The van der Waals surface area contributed by atoms with Crippen molar-refractivity contribution in [2.24, 2.45) is 5.84 Å². The van der Waals surface area contributed by atoms with Gasteiger partial charge in [-0.1, -0.05) is 41.4 Å². The lowest BCUT2D eigenvalue weighted by Crippen LogP contribution is -2.29. The summed E-state index contributed by atoms with van der Waals surface area (Å²) in [6.45, 7) is 0. The summed E-state index contributed by atoms with van der Waals surface area (Å²) < 4.78 is 19.2. The van der Waals surface area contributed by atoms with Crippen LogP contribution in [0.15, 0.2) is 36.4 Å². The summed E-state index contributed by atoms with van der Waals surface area (Å²) in [6.07, 6.45) is 0.355. The summed E-state index contributed by atoms with van der Waals surface area (Å²) >= 11 is 11.8. The maximum atomic E-state index is 14.0. The van der Waals surface area contributed by atoms with E-state index >= 15 is 0 Å². The smallest absolute Gasteiger partial charge is 0.145 e. The van der Waals surface area contributed by atoms with Crippen molar-refractivity contribution in [3.8, 4) is 5.75 Å². The lowest BCUT2D eigenvalue weighted by molar-refractivity contribution is 0.413. The zero-order valence-corrected chi connectivity index (χ0v) is 12.9. The first-order chi connectivity index (χ1) is 10.1. The quantitative estimate of drug-likeness (QED) is 0.646. The number of nitrogens with one attached hydrogen (secondary N) is 1. The molecule has 0 heterocycles. The number of hydrogen-bond donors (Lipinski definition) is 2. The van der Waals surface area contributed by atoms with Crippen molar-refractivity contribution in [1.29, 1.82) is 0 Å². The topological polar surface area (TPSA) is 47.3 Å². The minimum Gasteiger partial charge on any atom is -0.495 e. The van der Waals surface area contributed by atoms with Gasteiger partial charge in [0, 0.05) is 0 Å². The molecule has 0 amide bonds. The molecule has 1 atom stereocenters. The van der Waals surface area contributed by atoms with Crippen LogP contribution in [0.1, 0.15) is 17.2 Å². The third-order valence-electron chi connectivity index (χ3n) is 3.23. The molecule has 0 fully saturated rings. The van der Waals surface area contributed by atoms with Crippen LogP contribution in [-0.2, 0) is 6.42 Å². The Labute approximate surface area is 132 Å². The molecular formula is C15H15Cl2FN2O. The van der Waals surface area contributed by atoms with E-state index in [1.807, 2.05) is 6.07 Å². The van der Waals surface area contributed by atoms with Crippen molar-refractivity contribution in [1.82, 2.24) is 5.43 Å². The van der Waals surface area contributed by atoms with Crippen molar-refractivity contribution in [3.63, 3.8) is 0 Å². The molecule has 0 spiro atoms. The van der Waals surface area contributed by atoms with Gasteiger partial charge in [0.05, 0.1) is 23.2 Å². The maximum absolute atomic E-state index is 14.0. The van der Waals surface area contributed by atoms with Crippen LogP contribution >= 0.6 is 23.2 Å². The number of rotatable bonds is 5. The molecule has 1 unspecified atom stereocenters. The predicted octanol–water partition coefficient (Wildman–Crippen LogP) is 3.89. The van der Waals surface area contributed by atoms with Gasteiger partial charge in [-0.15, -0.1) is 0 Å². The molecule has 0 aromatic heterocycles.